The molecular formula is C13H9F3O2. The summed E-state index contributed by atoms with van der Waals surface area (Å²) in [5.41, 5.74) is 0.179. The first kappa shape index (κ1) is 12.4. The van der Waals surface area contributed by atoms with Gasteiger partial charge in [0.15, 0.2) is 11.6 Å². The van der Waals surface area contributed by atoms with Gasteiger partial charge in [-0.3, -0.25) is 0 Å². The molecule has 2 rings (SSSR count). The van der Waals surface area contributed by atoms with E-state index in [2.05, 4.69) is 0 Å². The fraction of sp³-hybridized carbons (Fsp3) is 0.0769. The average Bonchev–Trinajstić information content (AvgIpc) is 2.34. The first-order valence-electron chi connectivity index (χ1n) is 5.12. The van der Waals surface area contributed by atoms with Gasteiger partial charge in [-0.1, -0.05) is 0 Å². The van der Waals surface area contributed by atoms with Crippen LogP contribution in [0.4, 0.5) is 13.2 Å². The highest BCUT2D eigenvalue weighted by atomic mass is 19.1. The van der Waals surface area contributed by atoms with Crippen LogP contribution in [0.25, 0.3) is 0 Å². The molecule has 0 aliphatic rings. The predicted octanol–water partition coefficient (Wildman–Crippen LogP) is 3.39. The third-order valence-electron chi connectivity index (χ3n) is 2.31. The molecule has 0 atom stereocenters. The molecular weight excluding hydrogens is 245 g/mol. The van der Waals surface area contributed by atoms with E-state index in [4.69, 9.17) is 9.84 Å². The van der Waals surface area contributed by atoms with E-state index in [-0.39, 0.29) is 17.1 Å². The minimum atomic E-state index is -0.872. The standard InChI is InChI=1S/C13H9F3O2/c14-9-1-3-12(8(5-9)7-17)18-13-4-2-10(15)6-11(13)16/h1-6,17H,7H2. The zero-order valence-electron chi connectivity index (χ0n) is 9.16. The second kappa shape index (κ2) is 5.10. The van der Waals surface area contributed by atoms with E-state index >= 15 is 0 Å². The molecule has 0 amide bonds. The van der Waals surface area contributed by atoms with Crippen LogP contribution in [0.5, 0.6) is 11.5 Å². The van der Waals surface area contributed by atoms with Crippen molar-refractivity contribution in [1.82, 2.24) is 0 Å². The Balaban J connectivity index is 2.33. The average molecular weight is 254 g/mol. The number of benzene rings is 2. The van der Waals surface area contributed by atoms with Crippen LogP contribution in [0.1, 0.15) is 5.56 Å². The Hall–Kier alpha value is -2.01. The van der Waals surface area contributed by atoms with Crippen molar-refractivity contribution < 1.29 is 23.0 Å². The number of ether oxygens (including phenoxy) is 1. The molecule has 0 radical (unpaired) electrons. The van der Waals surface area contributed by atoms with Crippen LogP contribution in [0, 0.1) is 17.5 Å². The monoisotopic (exact) mass is 254 g/mol. The van der Waals surface area contributed by atoms with Gasteiger partial charge in [-0.05, 0) is 30.3 Å². The summed E-state index contributed by atoms with van der Waals surface area (Å²) in [5, 5.41) is 9.03. The lowest BCUT2D eigenvalue weighted by Crippen LogP contribution is -1.95. The highest BCUT2D eigenvalue weighted by Gasteiger charge is 2.10. The lowest BCUT2D eigenvalue weighted by molar-refractivity contribution is 0.275. The third-order valence-corrected chi connectivity index (χ3v) is 2.31. The summed E-state index contributed by atoms with van der Waals surface area (Å²) in [7, 11) is 0. The molecule has 0 heterocycles. The molecule has 0 aliphatic heterocycles. The topological polar surface area (TPSA) is 29.5 Å². The molecule has 18 heavy (non-hydrogen) atoms. The summed E-state index contributed by atoms with van der Waals surface area (Å²) in [6.07, 6.45) is 0. The molecule has 0 saturated carbocycles. The van der Waals surface area contributed by atoms with Crippen molar-refractivity contribution >= 4 is 0 Å². The molecule has 94 valence electrons. The molecule has 5 heteroatoms. The van der Waals surface area contributed by atoms with Crippen molar-refractivity contribution in [3.63, 3.8) is 0 Å². The van der Waals surface area contributed by atoms with Gasteiger partial charge in [-0.15, -0.1) is 0 Å². The normalized spacial score (nSPS) is 10.4. The van der Waals surface area contributed by atoms with E-state index in [9.17, 15) is 13.2 Å². The van der Waals surface area contributed by atoms with E-state index < -0.39 is 24.1 Å². The van der Waals surface area contributed by atoms with Crippen LogP contribution in [0.2, 0.25) is 0 Å². The van der Waals surface area contributed by atoms with Crippen LogP contribution in [0.3, 0.4) is 0 Å². The summed E-state index contributed by atoms with van der Waals surface area (Å²) >= 11 is 0. The molecule has 1 N–H and O–H groups in total. The van der Waals surface area contributed by atoms with E-state index in [1.54, 1.807) is 0 Å². The zero-order valence-corrected chi connectivity index (χ0v) is 9.16. The number of halogens is 3. The highest BCUT2D eigenvalue weighted by Crippen LogP contribution is 2.28. The van der Waals surface area contributed by atoms with Gasteiger partial charge in [0.05, 0.1) is 6.61 Å². The van der Waals surface area contributed by atoms with Crippen molar-refractivity contribution in [1.29, 1.82) is 0 Å². The van der Waals surface area contributed by atoms with Gasteiger partial charge in [-0.2, -0.15) is 0 Å². The zero-order chi connectivity index (χ0) is 13.1. The smallest absolute Gasteiger partial charge is 0.168 e. The van der Waals surface area contributed by atoms with Crippen LogP contribution < -0.4 is 4.74 Å². The molecule has 0 unspecified atom stereocenters. The van der Waals surface area contributed by atoms with Gasteiger partial charge < -0.3 is 9.84 Å². The Morgan fingerprint density at radius 1 is 0.889 bits per heavy atom. The first-order valence-corrected chi connectivity index (χ1v) is 5.12. The largest absolute Gasteiger partial charge is 0.454 e. The van der Waals surface area contributed by atoms with E-state index in [1.807, 2.05) is 0 Å². The summed E-state index contributed by atoms with van der Waals surface area (Å²) in [4.78, 5) is 0. The molecule has 0 bridgehead atoms. The van der Waals surface area contributed by atoms with Crippen molar-refractivity contribution in [2.24, 2.45) is 0 Å². The maximum absolute atomic E-state index is 13.3. The van der Waals surface area contributed by atoms with Gasteiger partial charge in [0.25, 0.3) is 0 Å². The lowest BCUT2D eigenvalue weighted by atomic mass is 10.2. The quantitative estimate of drug-likeness (QED) is 0.909. The summed E-state index contributed by atoms with van der Waals surface area (Å²) in [5.74, 6) is -2.21. The Kier molecular flexibility index (Phi) is 3.53. The molecule has 0 aromatic heterocycles. The minimum Gasteiger partial charge on any atom is -0.454 e. The third kappa shape index (κ3) is 2.62. The van der Waals surface area contributed by atoms with E-state index in [0.29, 0.717) is 6.07 Å². The second-order valence-electron chi connectivity index (χ2n) is 3.59. The summed E-state index contributed by atoms with van der Waals surface area (Å²) in [6.45, 7) is -0.449. The second-order valence-corrected chi connectivity index (χ2v) is 3.59. The minimum absolute atomic E-state index is 0.115. The molecule has 2 aromatic carbocycles. The number of aliphatic hydroxyl groups is 1. The van der Waals surface area contributed by atoms with Gasteiger partial charge in [0.1, 0.15) is 17.4 Å². The van der Waals surface area contributed by atoms with Gasteiger partial charge in [0, 0.05) is 11.6 Å². The maximum Gasteiger partial charge on any atom is 0.168 e. The number of hydrogen-bond donors (Lipinski definition) is 1. The van der Waals surface area contributed by atoms with Crippen molar-refractivity contribution in [3.05, 3.63) is 59.4 Å². The Labute approximate surface area is 101 Å². The van der Waals surface area contributed by atoms with Crippen LogP contribution in [0.15, 0.2) is 36.4 Å². The maximum atomic E-state index is 13.3. The predicted molar refractivity (Wildman–Crippen MR) is 58.8 cm³/mol. The van der Waals surface area contributed by atoms with Crippen LogP contribution >= 0.6 is 0 Å². The summed E-state index contributed by atoms with van der Waals surface area (Å²) in [6, 6.07) is 6.31. The number of hydrogen-bond acceptors (Lipinski definition) is 2. The molecule has 0 saturated heterocycles. The van der Waals surface area contributed by atoms with Crippen LogP contribution in [-0.4, -0.2) is 5.11 Å². The number of aliphatic hydroxyl groups excluding tert-OH is 1. The highest BCUT2D eigenvalue weighted by molar-refractivity contribution is 5.38. The Morgan fingerprint density at radius 2 is 1.50 bits per heavy atom. The molecule has 0 spiro atoms. The number of rotatable bonds is 3. The summed E-state index contributed by atoms with van der Waals surface area (Å²) < 4.78 is 44.1. The van der Waals surface area contributed by atoms with Gasteiger partial charge in [0.2, 0.25) is 0 Å². The van der Waals surface area contributed by atoms with Crippen LogP contribution in [-0.2, 0) is 6.61 Å². The van der Waals surface area contributed by atoms with Gasteiger partial charge >= 0.3 is 0 Å². The van der Waals surface area contributed by atoms with Gasteiger partial charge in [-0.25, -0.2) is 13.2 Å². The Morgan fingerprint density at radius 3 is 2.11 bits per heavy atom. The van der Waals surface area contributed by atoms with Crippen molar-refractivity contribution in [3.8, 4) is 11.5 Å². The lowest BCUT2D eigenvalue weighted by Gasteiger charge is -2.10. The molecule has 2 nitrogen and oxygen atoms in total. The van der Waals surface area contributed by atoms with E-state index in [1.165, 1.54) is 6.07 Å². The van der Waals surface area contributed by atoms with Crippen molar-refractivity contribution in [2.45, 2.75) is 6.61 Å². The first-order chi connectivity index (χ1) is 8.60. The fourth-order valence-electron chi connectivity index (χ4n) is 1.45. The van der Waals surface area contributed by atoms with E-state index in [0.717, 1.165) is 24.3 Å². The Bertz CT molecular complexity index is 570. The molecule has 0 fully saturated rings. The SMILES string of the molecule is OCc1cc(F)ccc1Oc1ccc(F)cc1F. The molecule has 0 aliphatic carbocycles. The molecule has 2 aromatic rings. The fourth-order valence-corrected chi connectivity index (χ4v) is 1.45. The van der Waals surface area contributed by atoms with Crippen molar-refractivity contribution in [2.75, 3.05) is 0 Å².